The molecular weight excluding hydrogens is 232 g/mol. The van der Waals surface area contributed by atoms with Gasteiger partial charge in [-0.15, -0.1) is 0 Å². The van der Waals surface area contributed by atoms with Crippen molar-refractivity contribution < 1.29 is 0 Å². The molecule has 1 aromatic carbocycles. The molecule has 0 atom stereocenters. The molecule has 0 bridgehead atoms. The molecule has 0 aromatic heterocycles. The van der Waals surface area contributed by atoms with Crippen LogP contribution in [0.3, 0.4) is 0 Å². The number of amidine groups is 1. The summed E-state index contributed by atoms with van der Waals surface area (Å²) in [6, 6.07) is 6.71. The zero-order valence-electron chi connectivity index (χ0n) is 11.9. The maximum Gasteiger partial charge on any atom is 0.103 e. The topological polar surface area (TPSA) is 27.1 Å². The first-order chi connectivity index (χ1) is 9.25. The number of aryl methyl sites for hydroxylation is 2. The van der Waals surface area contributed by atoms with E-state index in [1.165, 1.54) is 61.8 Å². The van der Waals surface area contributed by atoms with Gasteiger partial charge in [-0.25, -0.2) is 0 Å². The molecule has 0 saturated heterocycles. The van der Waals surface area contributed by atoms with E-state index in [0.717, 1.165) is 12.4 Å². The molecule has 1 heterocycles. The molecular formula is C17H24N2. The number of benzene rings is 1. The van der Waals surface area contributed by atoms with Crippen LogP contribution >= 0.6 is 0 Å². The van der Waals surface area contributed by atoms with E-state index >= 15 is 0 Å². The summed E-state index contributed by atoms with van der Waals surface area (Å²) in [7, 11) is 0. The van der Waals surface area contributed by atoms with E-state index in [2.05, 4.69) is 30.0 Å². The van der Waals surface area contributed by atoms with Crippen LogP contribution in [0.1, 0.15) is 49.7 Å². The van der Waals surface area contributed by atoms with E-state index in [1.807, 2.05) is 0 Å². The summed E-state index contributed by atoms with van der Waals surface area (Å²) in [6.45, 7) is 3.19. The van der Waals surface area contributed by atoms with Crippen LogP contribution in [0, 0.1) is 18.3 Å². The first kappa shape index (κ1) is 12.7. The molecule has 1 saturated carbocycles. The fourth-order valence-electron chi connectivity index (χ4n) is 3.57. The van der Waals surface area contributed by atoms with Crippen LogP contribution in [0.15, 0.2) is 18.2 Å². The summed E-state index contributed by atoms with van der Waals surface area (Å²) >= 11 is 0. The van der Waals surface area contributed by atoms with Crippen LogP contribution in [0.2, 0.25) is 0 Å². The van der Waals surface area contributed by atoms with Crippen molar-refractivity contribution in [1.29, 1.82) is 5.41 Å². The standard InChI is InChI=1S/C17H24N2/c1-13-9-10-16-15(12-13)8-5-11-19(16)17(18)14-6-3-2-4-7-14/h9-10,12,14,18H,2-8,11H2,1H3. The first-order valence-corrected chi connectivity index (χ1v) is 7.71. The zero-order valence-corrected chi connectivity index (χ0v) is 11.9. The van der Waals surface area contributed by atoms with Gasteiger partial charge >= 0.3 is 0 Å². The van der Waals surface area contributed by atoms with E-state index in [0.29, 0.717) is 5.92 Å². The molecule has 0 radical (unpaired) electrons. The predicted molar refractivity (Wildman–Crippen MR) is 81.1 cm³/mol. The lowest BCUT2D eigenvalue weighted by Crippen LogP contribution is -2.39. The second kappa shape index (κ2) is 5.36. The van der Waals surface area contributed by atoms with Gasteiger partial charge in [0.25, 0.3) is 0 Å². The van der Waals surface area contributed by atoms with E-state index in [-0.39, 0.29) is 0 Å². The van der Waals surface area contributed by atoms with Gasteiger partial charge in [0.15, 0.2) is 0 Å². The van der Waals surface area contributed by atoms with Gasteiger partial charge < -0.3 is 4.90 Å². The van der Waals surface area contributed by atoms with Crippen molar-refractivity contribution >= 4 is 11.5 Å². The highest BCUT2D eigenvalue weighted by atomic mass is 15.2. The van der Waals surface area contributed by atoms with Gasteiger partial charge in [-0.1, -0.05) is 37.0 Å². The molecule has 1 N–H and O–H groups in total. The lowest BCUT2D eigenvalue weighted by Gasteiger charge is -2.36. The molecule has 1 aliphatic heterocycles. The van der Waals surface area contributed by atoms with Gasteiger partial charge in [0.2, 0.25) is 0 Å². The Morgan fingerprint density at radius 2 is 1.95 bits per heavy atom. The van der Waals surface area contributed by atoms with Crippen molar-refractivity contribution in [2.75, 3.05) is 11.4 Å². The number of hydrogen-bond acceptors (Lipinski definition) is 1. The monoisotopic (exact) mass is 256 g/mol. The Bertz CT molecular complexity index is 472. The Hall–Kier alpha value is -1.31. The minimum Gasteiger partial charge on any atom is -0.330 e. The molecule has 2 nitrogen and oxygen atoms in total. The normalized spacial score (nSPS) is 20.2. The summed E-state index contributed by atoms with van der Waals surface area (Å²) in [5.41, 5.74) is 4.07. The largest absolute Gasteiger partial charge is 0.330 e. The Balaban J connectivity index is 1.84. The van der Waals surface area contributed by atoms with Gasteiger partial charge in [0.05, 0.1) is 0 Å². The van der Waals surface area contributed by atoms with Crippen molar-refractivity contribution in [3.8, 4) is 0 Å². The Kier molecular flexibility index (Phi) is 3.58. The minimum atomic E-state index is 0.501. The van der Waals surface area contributed by atoms with Crippen molar-refractivity contribution in [3.63, 3.8) is 0 Å². The van der Waals surface area contributed by atoms with Gasteiger partial charge in [0, 0.05) is 18.2 Å². The highest BCUT2D eigenvalue weighted by molar-refractivity contribution is 5.98. The number of hydrogen-bond donors (Lipinski definition) is 1. The number of rotatable bonds is 1. The quantitative estimate of drug-likeness (QED) is 0.588. The molecule has 1 fully saturated rings. The predicted octanol–water partition coefficient (Wildman–Crippen LogP) is 4.31. The molecule has 0 amide bonds. The second-order valence-corrected chi connectivity index (χ2v) is 6.11. The van der Waals surface area contributed by atoms with E-state index in [1.54, 1.807) is 0 Å². The number of nitrogens with zero attached hydrogens (tertiary/aromatic N) is 1. The third kappa shape index (κ3) is 2.54. The maximum absolute atomic E-state index is 8.59. The minimum absolute atomic E-state index is 0.501. The highest BCUT2D eigenvalue weighted by Gasteiger charge is 2.26. The molecule has 102 valence electrons. The van der Waals surface area contributed by atoms with E-state index in [9.17, 15) is 0 Å². The lowest BCUT2D eigenvalue weighted by molar-refractivity contribution is 0.433. The van der Waals surface area contributed by atoms with Crippen molar-refractivity contribution in [1.82, 2.24) is 0 Å². The van der Waals surface area contributed by atoms with Crippen LogP contribution in [0.5, 0.6) is 0 Å². The Labute approximate surface area is 116 Å². The smallest absolute Gasteiger partial charge is 0.103 e. The molecule has 3 rings (SSSR count). The van der Waals surface area contributed by atoms with Gasteiger partial charge in [0.1, 0.15) is 5.84 Å². The fourth-order valence-corrected chi connectivity index (χ4v) is 3.57. The molecule has 0 unspecified atom stereocenters. The Morgan fingerprint density at radius 3 is 2.74 bits per heavy atom. The van der Waals surface area contributed by atoms with Crippen LogP contribution < -0.4 is 4.90 Å². The van der Waals surface area contributed by atoms with E-state index in [4.69, 9.17) is 5.41 Å². The van der Waals surface area contributed by atoms with Crippen molar-refractivity contribution in [2.24, 2.45) is 5.92 Å². The average molecular weight is 256 g/mol. The lowest BCUT2D eigenvalue weighted by atomic mass is 9.87. The molecule has 1 aliphatic carbocycles. The molecule has 2 heteroatoms. The van der Waals surface area contributed by atoms with Crippen LogP contribution in [-0.2, 0) is 6.42 Å². The summed E-state index contributed by atoms with van der Waals surface area (Å²) in [6.07, 6.45) is 8.77. The van der Waals surface area contributed by atoms with Crippen LogP contribution in [0.25, 0.3) is 0 Å². The second-order valence-electron chi connectivity index (χ2n) is 6.11. The summed E-state index contributed by atoms with van der Waals surface area (Å²) < 4.78 is 0. The first-order valence-electron chi connectivity index (χ1n) is 7.71. The van der Waals surface area contributed by atoms with Gasteiger partial charge in [-0.05, 0) is 44.2 Å². The van der Waals surface area contributed by atoms with Gasteiger partial charge in [-0.2, -0.15) is 0 Å². The zero-order chi connectivity index (χ0) is 13.2. The van der Waals surface area contributed by atoms with Gasteiger partial charge in [-0.3, -0.25) is 5.41 Å². The summed E-state index contributed by atoms with van der Waals surface area (Å²) in [5.74, 6) is 1.38. The van der Waals surface area contributed by atoms with Crippen molar-refractivity contribution in [2.45, 2.75) is 51.9 Å². The third-order valence-electron chi connectivity index (χ3n) is 4.64. The summed E-state index contributed by atoms with van der Waals surface area (Å²) in [4.78, 5) is 2.29. The number of nitrogens with one attached hydrogen (secondary N) is 1. The fraction of sp³-hybridized carbons (Fsp3) is 0.588. The highest BCUT2D eigenvalue weighted by Crippen LogP contribution is 2.32. The molecule has 0 spiro atoms. The molecule has 2 aliphatic rings. The number of anilines is 1. The molecule has 19 heavy (non-hydrogen) atoms. The van der Waals surface area contributed by atoms with Crippen LogP contribution in [0.4, 0.5) is 5.69 Å². The van der Waals surface area contributed by atoms with Crippen LogP contribution in [-0.4, -0.2) is 12.4 Å². The van der Waals surface area contributed by atoms with E-state index < -0.39 is 0 Å². The average Bonchev–Trinajstić information content (AvgIpc) is 2.46. The van der Waals surface area contributed by atoms with Crippen molar-refractivity contribution in [3.05, 3.63) is 29.3 Å². The maximum atomic E-state index is 8.59. The molecule has 1 aromatic rings. The number of fused-ring (bicyclic) bond motifs is 1. The SMILES string of the molecule is Cc1ccc2c(c1)CCCN2C(=N)C1CCCCC1. The summed E-state index contributed by atoms with van der Waals surface area (Å²) in [5, 5.41) is 8.59. The third-order valence-corrected chi connectivity index (χ3v) is 4.64. The Morgan fingerprint density at radius 1 is 1.16 bits per heavy atom.